The average Bonchev–Trinajstić information content (AvgIpc) is 2.44. The average molecular weight is 261 g/mol. The molecule has 1 aliphatic heterocycles. The summed E-state index contributed by atoms with van der Waals surface area (Å²) in [7, 11) is 0. The minimum atomic E-state index is 0.363. The highest BCUT2D eigenvalue weighted by Gasteiger charge is 2.28. The molecule has 2 unspecified atom stereocenters. The summed E-state index contributed by atoms with van der Waals surface area (Å²) < 4.78 is 0. The van der Waals surface area contributed by atoms with Gasteiger partial charge in [0.1, 0.15) is 5.75 Å². The first-order chi connectivity index (χ1) is 9.26. The Hall–Kier alpha value is -1.02. The number of likely N-dealkylation sites (tertiary alicyclic amines) is 1. The number of nitrogens with zero attached hydrogens (tertiary/aromatic N) is 1. The maximum absolute atomic E-state index is 9.44. The van der Waals surface area contributed by atoms with Crippen LogP contribution < -0.4 is 0 Å². The lowest BCUT2D eigenvalue weighted by Gasteiger charge is -2.41. The number of benzene rings is 1. The van der Waals surface area contributed by atoms with Crippen molar-refractivity contribution in [1.82, 2.24) is 4.90 Å². The van der Waals surface area contributed by atoms with Crippen molar-refractivity contribution < 1.29 is 5.11 Å². The van der Waals surface area contributed by atoms with Crippen LogP contribution >= 0.6 is 0 Å². The Morgan fingerprint density at radius 1 is 1.21 bits per heavy atom. The normalized spacial score (nSPS) is 22.3. The van der Waals surface area contributed by atoms with Crippen molar-refractivity contribution in [3.63, 3.8) is 0 Å². The summed E-state index contributed by atoms with van der Waals surface area (Å²) in [5.74, 6) is 0.363. The van der Waals surface area contributed by atoms with Crippen LogP contribution in [0.5, 0.6) is 5.75 Å². The molecule has 2 atom stereocenters. The van der Waals surface area contributed by atoms with E-state index < -0.39 is 0 Å². The second-order valence-corrected chi connectivity index (χ2v) is 5.69. The van der Waals surface area contributed by atoms with E-state index in [0.717, 1.165) is 12.5 Å². The zero-order chi connectivity index (χ0) is 13.7. The van der Waals surface area contributed by atoms with Crippen molar-refractivity contribution in [2.45, 2.75) is 64.5 Å². The van der Waals surface area contributed by atoms with E-state index in [1.54, 1.807) is 0 Å². The highest BCUT2D eigenvalue weighted by atomic mass is 16.3. The highest BCUT2D eigenvalue weighted by Crippen LogP contribution is 2.33. The van der Waals surface area contributed by atoms with Crippen LogP contribution in [0.1, 0.15) is 64.0 Å². The van der Waals surface area contributed by atoms with Crippen molar-refractivity contribution in [2.75, 3.05) is 6.54 Å². The van der Waals surface area contributed by atoms with E-state index in [-0.39, 0.29) is 0 Å². The standard InChI is InChI=1S/C17H27NO/c1-3-7-15-8-5-6-13-18(15)17(4-2)14-9-11-16(19)12-10-14/h9-12,15,17,19H,3-8,13H2,1-2H3. The van der Waals surface area contributed by atoms with Gasteiger partial charge in [-0.2, -0.15) is 0 Å². The van der Waals surface area contributed by atoms with E-state index in [2.05, 4.69) is 30.9 Å². The van der Waals surface area contributed by atoms with E-state index in [1.165, 1.54) is 44.2 Å². The summed E-state index contributed by atoms with van der Waals surface area (Å²) in [4.78, 5) is 2.71. The van der Waals surface area contributed by atoms with Crippen LogP contribution in [-0.2, 0) is 0 Å². The van der Waals surface area contributed by atoms with Crippen LogP contribution in [0.2, 0.25) is 0 Å². The summed E-state index contributed by atoms with van der Waals surface area (Å²) >= 11 is 0. The lowest BCUT2D eigenvalue weighted by molar-refractivity contribution is 0.0852. The molecule has 1 heterocycles. The smallest absolute Gasteiger partial charge is 0.115 e. The molecule has 2 heteroatoms. The SMILES string of the molecule is CCCC1CCCCN1C(CC)c1ccc(O)cc1. The molecule has 19 heavy (non-hydrogen) atoms. The van der Waals surface area contributed by atoms with Crippen LogP contribution in [0.15, 0.2) is 24.3 Å². The molecule has 1 aromatic carbocycles. The molecule has 0 saturated carbocycles. The van der Waals surface area contributed by atoms with Gasteiger partial charge in [-0.3, -0.25) is 4.90 Å². The third-order valence-corrected chi connectivity index (χ3v) is 4.36. The van der Waals surface area contributed by atoms with Gasteiger partial charge in [-0.1, -0.05) is 38.8 Å². The minimum absolute atomic E-state index is 0.363. The largest absolute Gasteiger partial charge is 0.508 e. The van der Waals surface area contributed by atoms with Crippen LogP contribution in [0.3, 0.4) is 0 Å². The van der Waals surface area contributed by atoms with Crippen LogP contribution in [-0.4, -0.2) is 22.6 Å². The Morgan fingerprint density at radius 2 is 1.95 bits per heavy atom. The number of phenols is 1. The van der Waals surface area contributed by atoms with E-state index in [1.807, 2.05) is 12.1 Å². The van der Waals surface area contributed by atoms with Crippen LogP contribution in [0.25, 0.3) is 0 Å². The Kier molecular flexibility index (Phi) is 5.26. The minimum Gasteiger partial charge on any atom is -0.508 e. The van der Waals surface area contributed by atoms with Crippen LogP contribution in [0, 0.1) is 0 Å². The fraction of sp³-hybridized carbons (Fsp3) is 0.647. The zero-order valence-corrected chi connectivity index (χ0v) is 12.3. The van der Waals surface area contributed by atoms with E-state index in [4.69, 9.17) is 0 Å². The van der Waals surface area contributed by atoms with E-state index in [0.29, 0.717) is 11.8 Å². The summed E-state index contributed by atoms with van der Waals surface area (Å²) in [5, 5.41) is 9.44. The van der Waals surface area contributed by atoms with Crippen molar-refractivity contribution in [1.29, 1.82) is 0 Å². The third kappa shape index (κ3) is 3.50. The molecule has 1 saturated heterocycles. The van der Waals surface area contributed by atoms with Gasteiger partial charge in [0.05, 0.1) is 0 Å². The topological polar surface area (TPSA) is 23.5 Å². The van der Waals surface area contributed by atoms with Crippen molar-refractivity contribution in [2.24, 2.45) is 0 Å². The van der Waals surface area contributed by atoms with Gasteiger partial charge in [0.2, 0.25) is 0 Å². The first-order valence-electron chi connectivity index (χ1n) is 7.81. The maximum atomic E-state index is 9.44. The zero-order valence-electron chi connectivity index (χ0n) is 12.3. The molecule has 0 amide bonds. The number of hydrogen-bond donors (Lipinski definition) is 1. The van der Waals surface area contributed by atoms with Gasteiger partial charge < -0.3 is 5.11 Å². The number of aromatic hydroxyl groups is 1. The monoisotopic (exact) mass is 261 g/mol. The predicted molar refractivity (Wildman–Crippen MR) is 80.4 cm³/mol. The van der Waals surface area contributed by atoms with Crippen molar-refractivity contribution in [3.8, 4) is 5.75 Å². The van der Waals surface area contributed by atoms with Gasteiger partial charge in [0.15, 0.2) is 0 Å². The Balaban J connectivity index is 2.16. The van der Waals surface area contributed by atoms with Crippen molar-refractivity contribution >= 4 is 0 Å². The molecule has 2 nitrogen and oxygen atoms in total. The summed E-state index contributed by atoms with van der Waals surface area (Å²) in [6.45, 7) is 5.79. The summed E-state index contributed by atoms with van der Waals surface area (Å²) in [5.41, 5.74) is 1.35. The fourth-order valence-electron chi connectivity index (χ4n) is 3.43. The Bertz CT molecular complexity index is 371. The quantitative estimate of drug-likeness (QED) is 0.843. The molecule has 2 rings (SSSR count). The van der Waals surface area contributed by atoms with E-state index >= 15 is 0 Å². The van der Waals surface area contributed by atoms with Gasteiger partial charge in [0.25, 0.3) is 0 Å². The molecule has 0 aromatic heterocycles. The van der Waals surface area contributed by atoms with Gasteiger partial charge in [0, 0.05) is 12.1 Å². The molecule has 1 fully saturated rings. The molecule has 0 bridgehead atoms. The number of hydrogen-bond acceptors (Lipinski definition) is 2. The van der Waals surface area contributed by atoms with Gasteiger partial charge in [-0.25, -0.2) is 0 Å². The number of piperidine rings is 1. The van der Waals surface area contributed by atoms with Gasteiger partial charge in [-0.05, 0) is 49.9 Å². The number of rotatable bonds is 5. The first kappa shape index (κ1) is 14.4. The molecule has 1 aliphatic rings. The Labute approximate surface area is 117 Å². The molecule has 0 aliphatic carbocycles. The second kappa shape index (κ2) is 6.95. The fourth-order valence-corrected chi connectivity index (χ4v) is 3.43. The highest BCUT2D eigenvalue weighted by molar-refractivity contribution is 5.28. The summed E-state index contributed by atoms with van der Waals surface area (Å²) in [6.07, 6.45) is 7.79. The second-order valence-electron chi connectivity index (χ2n) is 5.69. The van der Waals surface area contributed by atoms with Crippen molar-refractivity contribution in [3.05, 3.63) is 29.8 Å². The lowest BCUT2D eigenvalue weighted by atomic mass is 9.92. The maximum Gasteiger partial charge on any atom is 0.115 e. The molecule has 1 aromatic rings. The van der Waals surface area contributed by atoms with Gasteiger partial charge >= 0.3 is 0 Å². The molecule has 1 N–H and O–H groups in total. The van der Waals surface area contributed by atoms with E-state index in [9.17, 15) is 5.11 Å². The first-order valence-corrected chi connectivity index (χ1v) is 7.81. The molecule has 0 spiro atoms. The predicted octanol–water partition coefficient (Wildman–Crippen LogP) is 4.50. The third-order valence-electron chi connectivity index (χ3n) is 4.36. The number of phenolic OH excluding ortho intramolecular Hbond substituents is 1. The Morgan fingerprint density at radius 3 is 2.58 bits per heavy atom. The molecule has 0 radical (unpaired) electrons. The lowest BCUT2D eigenvalue weighted by Crippen LogP contribution is -2.41. The van der Waals surface area contributed by atoms with Gasteiger partial charge in [-0.15, -0.1) is 0 Å². The van der Waals surface area contributed by atoms with Crippen LogP contribution in [0.4, 0.5) is 0 Å². The molecule has 106 valence electrons. The molecular weight excluding hydrogens is 234 g/mol. The summed E-state index contributed by atoms with van der Waals surface area (Å²) in [6, 6.07) is 9.06. The molecular formula is C17H27NO.